The predicted molar refractivity (Wildman–Crippen MR) is 149 cm³/mol. The molecule has 5 bridgehead atoms. The minimum Gasteiger partial charge on any atom is -0.488 e. The monoisotopic (exact) mass is 516 g/mol. The molecule has 0 fully saturated rings. The number of nitrogens with zero attached hydrogens (tertiary/aromatic N) is 6. The zero-order valence-corrected chi connectivity index (χ0v) is 21.1. The highest BCUT2D eigenvalue weighted by molar-refractivity contribution is 6.03. The SMILES string of the molecule is Cn1cc2c3c(nc(Nc4cccnc4)nc31)NCc1cncc(c1)OCCOc1cnc3ccc-2cc3c1. The number of hydrogen-bond acceptors (Lipinski definition) is 9. The van der Waals surface area contributed by atoms with Gasteiger partial charge >= 0.3 is 0 Å². The maximum absolute atomic E-state index is 5.93. The van der Waals surface area contributed by atoms with Crippen LogP contribution in [0.5, 0.6) is 11.5 Å². The van der Waals surface area contributed by atoms with Gasteiger partial charge in [-0.3, -0.25) is 15.0 Å². The quantitative estimate of drug-likeness (QED) is 0.325. The molecule has 0 atom stereocenters. The maximum atomic E-state index is 5.93. The number of rotatable bonds is 2. The van der Waals surface area contributed by atoms with Gasteiger partial charge in [0.2, 0.25) is 5.95 Å². The molecule has 10 heteroatoms. The lowest BCUT2D eigenvalue weighted by Gasteiger charge is -2.12. The van der Waals surface area contributed by atoms with E-state index >= 15 is 0 Å². The van der Waals surface area contributed by atoms with Crippen LogP contribution in [0, 0.1) is 0 Å². The average molecular weight is 517 g/mol. The van der Waals surface area contributed by atoms with E-state index in [2.05, 4.69) is 43.9 Å². The highest BCUT2D eigenvalue weighted by atomic mass is 16.5. The van der Waals surface area contributed by atoms with Crippen molar-refractivity contribution in [3.63, 3.8) is 0 Å². The first-order valence-corrected chi connectivity index (χ1v) is 12.6. The third kappa shape index (κ3) is 4.52. The summed E-state index contributed by atoms with van der Waals surface area (Å²) in [5, 5.41) is 8.71. The van der Waals surface area contributed by atoms with Gasteiger partial charge in [0.05, 0.1) is 35.2 Å². The highest BCUT2D eigenvalue weighted by Gasteiger charge is 2.18. The van der Waals surface area contributed by atoms with Crippen LogP contribution >= 0.6 is 0 Å². The second-order valence-corrected chi connectivity index (χ2v) is 9.27. The molecule has 7 rings (SSSR count). The van der Waals surface area contributed by atoms with Crippen molar-refractivity contribution in [2.45, 2.75) is 6.54 Å². The number of fused-ring (bicyclic) bond motifs is 5. The molecule has 1 aliphatic heterocycles. The second-order valence-electron chi connectivity index (χ2n) is 9.27. The first-order valence-electron chi connectivity index (χ1n) is 12.6. The molecular formula is C29H24N8O2. The predicted octanol–water partition coefficient (Wildman–Crippen LogP) is 5.10. The van der Waals surface area contributed by atoms with Crippen molar-refractivity contribution >= 4 is 39.4 Å². The molecule has 2 N–H and O–H groups in total. The molecule has 0 aliphatic carbocycles. The summed E-state index contributed by atoms with van der Waals surface area (Å²) in [6.07, 6.45) is 10.8. The van der Waals surface area contributed by atoms with Gasteiger partial charge in [0, 0.05) is 43.1 Å². The number of nitrogens with one attached hydrogen (secondary N) is 2. The van der Waals surface area contributed by atoms with Gasteiger partial charge in [0.15, 0.2) is 0 Å². The summed E-state index contributed by atoms with van der Waals surface area (Å²) in [4.78, 5) is 22.9. The Morgan fingerprint density at radius 3 is 2.69 bits per heavy atom. The first-order chi connectivity index (χ1) is 19.2. The van der Waals surface area contributed by atoms with Crippen molar-refractivity contribution in [2.75, 3.05) is 23.8 Å². The summed E-state index contributed by atoms with van der Waals surface area (Å²) in [5.41, 5.74) is 5.48. The largest absolute Gasteiger partial charge is 0.488 e. The molecular weight excluding hydrogens is 492 g/mol. The molecule has 0 unspecified atom stereocenters. The van der Waals surface area contributed by atoms with Crippen LogP contribution in [0.25, 0.3) is 33.1 Å². The standard InChI is InChI=1S/C29H24N8O2/c1-37-17-24-19-4-5-25-20(10-19)11-23(16-32-25)39-8-7-38-22-9-18(12-31-15-22)13-33-27-26(24)28(37)36-29(35-27)34-21-3-2-6-30-14-21/h2-6,9-12,14-17H,7-8,13H2,1H3,(H2,33,34,35,36). The van der Waals surface area contributed by atoms with E-state index in [1.165, 1.54) is 0 Å². The Bertz CT molecular complexity index is 1820. The fourth-order valence-corrected chi connectivity index (χ4v) is 4.74. The third-order valence-electron chi connectivity index (χ3n) is 6.55. The van der Waals surface area contributed by atoms with Crippen molar-refractivity contribution in [1.82, 2.24) is 29.5 Å². The van der Waals surface area contributed by atoms with Crippen LogP contribution in [0.2, 0.25) is 0 Å². The van der Waals surface area contributed by atoms with Crippen LogP contribution < -0.4 is 20.1 Å². The van der Waals surface area contributed by atoms with Crippen LogP contribution in [-0.4, -0.2) is 42.7 Å². The minimum absolute atomic E-state index is 0.388. The Hall–Kier alpha value is -5.25. The first kappa shape index (κ1) is 22.9. The molecule has 0 saturated carbocycles. The smallest absolute Gasteiger partial charge is 0.231 e. The molecule has 0 saturated heterocycles. The molecule has 1 aliphatic rings. The lowest BCUT2D eigenvalue weighted by molar-refractivity contribution is 0.216. The van der Waals surface area contributed by atoms with Crippen molar-refractivity contribution in [1.29, 1.82) is 0 Å². The summed E-state index contributed by atoms with van der Waals surface area (Å²) in [7, 11) is 1.99. The third-order valence-corrected chi connectivity index (χ3v) is 6.55. The number of benzene rings is 1. The molecule has 6 heterocycles. The lowest BCUT2D eigenvalue weighted by Crippen LogP contribution is -2.10. The number of anilines is 3. The van der Waals surface area contributed by atoms with Gasteiger partial charge in [-0.25, -0.2) is 0 Å². The minimum atomic E-state index is 0.388. The molecule has 10 nitrogen and oxygen atoms in total. The number of hydrogen-bond donors (Lipinski definition) is 2. The van der Waals surface area contributed by atoms with Crippen LogP contribution in [0.4, 0.5) is 17.5 Å². The van der Waals surface area contributed by atoms with E-state index in [-0.39, 0.29) is 0 Å². The number of aryl methyl sites for hydroxylation is 1. The van der Waals surface area contributed by atoms with E-state index in [9.17, 15) is 0 Å². The summed E-state index contributed by atoms with van der Waals surface area (Å²) in [5.74, 6) is 2.54. The van der Waals surface area contributed by atoms with Gasteiger partial charge in [-0.15, -0.1) is 0 Å². The van der Waals surface area contributed by atoms with Crippen molar-refractivity contribution in [2.24, 2.45) is 7.05 Å². The molecule has 0 amide bonds. The van der Waals surface area contributed by atoms with Gasteiger partial charge in [-0.05, 0) is 47.5 Å². The Balaban J connectivity index is 1.41. The van der Waals surface area contributed by atoms with Gasteiger partial charge < -0.3 is 24.7 Å². The van der Waals surface area contributed by atoms with Gasteiger partial charge in [0.25, 0.3) is 0 Å². The summed E-state index contributed by atoms with van der Waals surface area (Å²) in [6.45, 7) is 1.28. The van der Waals surface area contributed by atoms with Crippen molar-refractivity contribution < 1.29 is 9.47 Å². The van der Waals surface area contributed by atoms with Gasteiger partial charge in [-0.2, -0.15) is 9.97 Å². The second kappa shape index (κ2) is 9.56. The van der Waals surface area contributed by atoms with E-state index in [0.29, 0.717) is 43.0 Å². The van der Waals surface area contributed by atoms with Crippen LogP contribution in [0.15, 0.2) is 79.6 Å². The van der Waals surface area contributed by atoms with Crippen molar-refractivity contribution in [3.8, 4) is 22.6 Å². The Kier molecular flexibility index (Phi) is 5.62. The van der Waals surface area contributed by atoms with E-state index in [1.54, 1.807) is 24.8 Å². The summed E-state index contributed by atoms with van der Waals surface area (Å²) < 4.78 is 13.8. The van der Waals surface area contributed by atoms with E-state index < -0.39 is 0 Å². The van der Waals surface area contributed by atoms with E-state index in [0.717, 1.165) is 44.3 Å². The number of aromatic nitrogens is 6. The lowest BCUT2D eigenvalue weighted by atomic mass is 10.0. The zero-order valence-electron chi connectivity index (χ0n) is 21.1. The van der Waals surface area contributed by atoms with Crippen LogP contribution in [-0.2, 0) is 13.6 Å². The molecule has 192 valence electrons. The van der Waals surface area contributed by atoms with E-state index in [4.69, 9.17) is 19.4 Å². The molecule has 1 aromatic carbocycles. The fraction of sp³-hybridized carbons (Fsp3) is 0.138. The molecule has 0 spiro atoms. The maximum Gasteiger partial charge on any atom is 0.231 e. The normalized spacial score (nSPS) is 13.1. The van der Waals surface area contributed by atoms with Gasteiger partial charge in [0.1, 0.15) is 36.2 Å². The average Bonchev–Trinajstić information content (AvgIpc) is 3.30. The Labute approximate surface area is 223 Å². The number of pyridine rings is 3. The van der Waals surface area contributed by atoms with Crippen LogP contribution in [0.1, 0.15) is 5.56 Å². The Morgan fingerprint density at radius 2 is 1.82 bits per heavy atom. The number of ether oxygens (including phenoxy) is 2. The summed E-state index contributed by atoms with van der Waals surface area (Å²) >= 11 is 0. The molecule has 6 aromatic rings. The fourth-order valence-electron chi connectivity index (χ4n) is 4.74. The highest BCUT2D eigenvalue weighted by Crippen LogP contribution is 2.36. The summed E-state index contributed by atoms with van der Waals surface area (Å²) in [6, 6.07) is 14.0. The molecule has 39 heavy (non-hydrogen) atoms. The molecule has 0 radical (unpaired) electrons. The van der Waals surface area contributed by atoms with Gasteiger partial charge in [-0.1, -0.05) is 6.07 Å². The topological polar surface area (TPSA) is 112 Å². The zero-order chi connectivity index (χ0) is 26.2. The van der Waals surface area contributed by atoms with E-state index in [1.807, 2.05) is 48.1 Å². The Morgan fingerprint density at radius 1 is 0.923 bits per heavy atom. The van der Waals surface area contributed by atoms with Crippen molar-refractivity contribution in [3.05, 3.63) is 85.2 Å². The molecule has 5 aromatic heterocycles. The van der Waals surface area contributed by atoms with Crippen LogP contribution in [0.3, 0.4) is 0 Å².